The maximum absolute atomic E-state index is 13.0. The number of nitrogens with one attached hydrogen (secondary N) is 1. The predicted molar refractivity (Wildman–Crippen MR) is 91.6 cm³/mol. The SMILES string of the molecule is Cc1ccc([C@]2(C)NC(=O)N(Cc3cccc4cccnc34)C2=O)o1. The van der Waals surface area contributed by atoms with Crippen LogP contribution in [-0.4, -0.2) is 21.8 Å². The molecule has 3 aromatic rings. The molecule has 6 nitrogen and oxygen atoms in total. The van der Waals surface area contributed by atoms with Crippen molar-refractivity contribution in [1.29, 1.82) is 0 Å². The highest BCUT2D eigenvalue weighted by Crippen LogP contribution is 2.31. The highest BCUT2D eigenvalue weighted by Gasteiger charge is 2.51. The van der Waals surface area contributed by atoms with E-state index in [1.54, 1.807) is 32.2 Å². The molecule has 0 radical (unpaired) electrons. The fourth-order valence-electron chi connectivity index (χ4n) is 3.18. The third kappa shape index (κ3) is 2.38. The monoisotopic (exact) mass is 335 g/mol. The molecule has 2 aromatic heterocycles. The molecule has 3 amide bonds. The number of nitrogens with zero attached hydrogens (tertiary/aromatic N) is 2. The summed E-state index contributed by atoms with van der Waals surface area (Å²) in [4.78, 5) is 31.0. The molecular weight excluding hydrogens is 318 g/mol. The van der Waals surface area contributed by atoms with Crippen molar-refractivity contribution in [3.63, 3.8) is 0 Å². The summed E-state index contributed by atoms with van der Waals surface area (Å²) in [6.45, 7) is 3.62. The van der Waals surface area contributed by atoms with Crippen LogP contribution in [-0.2, 0) is 16.9 Å². The molecule has 1 saturated heterocycles. The lowest BCUT2D eigenvalue weighted by Gasteiger charge is -2.19. The largest absolute Gasteiger partial charge is 0.463 e. The molecular formula is C19H17N3O3. The number of fused-ring (bicyclic) bond motifs is 1. The van der Waals surface area contributed by atoms with Gasteiger partial charge in [0, 0.05) is 11.6 Å². The zero-order valence-electron chi connectivity index (χ0n) is 13.9. The van der Waals surface area contributed by atoms with E-state index < -0.39 is 11.6 Å². The number of urea groups is 1. The van der Waals surface area contributed by atoms with Crippen LogP contribution in [0.1, 0.15) is 24.0 Å². The van der Waals surface area contributed by atoms with Crippen molar-refractivity contribution >= 4 is 22.8 Å². The van der Waals surface area contributed by atoms with Gasteiger partial charge in [0.05, 0.1) is 12.1 Å². The number of benzene rings is 1. The Morgan fingerprint density at radius 1 is 1.16 bits per heavy atom. The van der Waals surface area contributed by atoms with E-state index in [2.05, 4.69) is 10.3 Å². The van der Waals surface area contributed by atoms with Crippen molar-refractivity contribution in [2.24, 2.45) is 0 Å². The van der Waals surface area contributed by atoms with Crippen LogP contribution in [0.5, 0.6) is 0 Å². The van der Waals surface area contributed by atoms with Crippen LogP contribution < -0.4 is 5.32 Å². The summed E-state index contributed by atoms with van der Waals surface area (Å²) in [5.41, 5.74) is 0.415. The summed E-state index contributed by atoms with van der Waals surface area (Å²) < 4.78 is 5.58. The van der Waals surface area contributed by atoms with Crippen molar-refractivity contribution in [1.82, 2.24) is 15.2 Å². The van der Waals surface area contributed by atoms with E-state index in [4.69, 9.17) is 4.42 Å². The van der Waals surface area contributed by atoms with Crippen LogP contribution in [0, 0.1) is 6.92 Å². The summed E-state index contributed by atoms with van der Waals surface area (Å²) in [7, 11) is 0. The summed E-state index contributed by atoms with van der Waals surface area (Å²) in [6, 6.07) is 12.6. The molecule has 25 heavy (non-hydrogen) atoms. The van der Waals surface area contributed by atoms with E-state index >= 15 is 0 Å². The molecule has 3 heterocycles. The van der Waals surface area contributed by atoms with Crippen LogP contribution in [0.2, 0.25) is 0 Å². The number of hydrogen-bond donors (Lipinski definition) is 1. The zero-order chi connectivity index (χ0) is 17.6. The molecule has 6 heteroatoms. The number of para-hydroxylation sites is 1. The standard InChI is InChI=1S/C19H17N3O3/c1-12-8-9-15(25-12)19(2)17(23)22(18(24)21-19)11-14-6-3-5-13-7-4-10-20-16(13)14/h3-10H,11H2,1-2H3,(H,21,24)/t19-/m0/s1. The molecule has 1 N–H and O–H groups in total. The van der Waals surface area contributed by atoms with E-state index in [0.717, 1.165) is 16.5 Å². The lowest BCUT2D eigenvalue weighted by Crippen LogP contribution is -2.40. The number of carbonyl (C=O) groups is 2. The second kappa shape index (κ2) is 5.44. The second-order valence-corrected chi connectivity index (χ2v) is 6.35. The Labute approximate surface area is 144 Å². The van der Waals surface area contributed by atoms with Gasteiger partial charge in [-0.15, -0.1) is 0 Å². The molecule has 0 unspecified atom stereocenters. The van der Waals surface area contributed by atoms with E-state index in [1.165, 1.54) is 4.90 Å². The average Bonchev–Trinajstić information content (AvgIpc) is 3.13. The summed E-state index contributed by atoms with van der Waals surface area (Å²) in [6.07, 6.45) is 1.70. The molecule has 4 rings (SSSR count). The minimum atomic E-state index is -1.19. The Morgan fingerprint density at radius 3 is 2.72 bits per heavy atom. The number of imide groups is 1. The lowest BCUT2D eigenvalue weighted by molar-refractivity contribution is -0.132. The van der Waals surface area contributed by atoms with Crippen molar-refractivity contribution < 1.29 is 14.0 Å². The Kier molecular flexibility index (Phi) is 3.35. The fraction of sp³-hybridized carbons (Fsp3) is 0.211. The first-order valence-corrected chi connectivity index (χ1v) is 8.03. The number of aryl methyl sites for hydroxylation is 1. The quantitative estimate of drug-likeness (QED) is 0.746. The molecule has 1 fully saturated rings. The Morgan fingerprint density at radius 2 is 1.96 bits per heavy atom. The highest BCUT2D eigenvalue weighted by molar-refractivity contribution is 6.07. The Hall–Kier alpha value is -3.15. The van der Waals surface area contributed by atoms with Gasteiger partial charge >= 0.3 is 6.03 Å². The summed E-state index contributed by atoms with van der Waals surface area (Å²) in [5.74, 6) is 0.789. The molecule has 1 aromatic carbocycles. The minimum absolute atomic E-state index is 0.161. The fourth-order valence-corrected chi connectivity index (χ4v) is 3.18. The van der Waals surface area contributed by atoms with Crippen molar-refractivity contribution in [2.75, 3.05) is 0 Å². The van der Waals surface area contributed by atoms with E-state index in [0.29, 0.717) is 11.5 Å². The number of hydrogen-bond acceptors (Lipinski definition) is 4. The van der Waals surface area contributed by atoms with E-state index in [9.17, 15) is 9.59 Å². The number of carbonyl (C=O) groups excluding carboxylic acids is 2. The van der Waals surface area contributed by atoms with Crippen LogP contribution >= 0.6 is 0 Å². The normalized spacial score (nSPS) is 20.3. The van der Waals surface area contributed by atoms with Crippen LogP contribution in [0.15, 0.2) is 53.1 Å². The van der Waals surface area contributed by atoms with Crippen LogP contribution in [0.3, 0.4) is 0 Å². The molecule has 0 bridgehead atoms. The average molecular weight is 335 g/mol. The van der Waals surface area contributed by atoms with Gasteiger partial charge in [-0.25, -0.2) is 4.79 Å². The third-order valence-corrected chi connectivity index (χ3v) is 4.55. The Bertz CT molecular complexity index is 989. The number of amides is 3. The second-order valence-electron chi connectivity index (χ2n) is 6.35. The van der Waals surface area contributed by atoms with Crippen molar-refractivity contribution in [3.05, 3.63) is 65.7 Å². The first-order chi connectivity index (χ1) is 12.0. The molecule has 1 aliphatic heterocycles. The van der Waals surface area contributed by atoms with Gasteiger partial charge < -0.3 is 9.73 Å². The van der Waals surface area contributed by atoms with Gasteiger partial charge in [0.25, 0.3) is 5.91 Å². The minimum Gasteiger partial charge on any atom is -0.463 e. The number of rotatable bonds is 3. The summed E-state index contributed by atoms with van der Waals surface area (Å²) in [5, 5.41) is 3.72. The van der Waals surface area contributed by atoms with Gasteiger partial charge in [0.2, 0.25) is 0 Å². The molecule has 0 saturated carbocycles. The topological polar surface area (TPSA) is 75.4 Å². The van der Waals surface area contributed by atoms with E-state index in [1.807, 2.05) is 30.3 Å². The number of pyridine rings is 1. The molecule has 1 aliphatic rings. The number of furan rings is 1. The van der Waals surface area contributed by atoms with Gasteiger partial charge in [-0.05, 0) is 37.6 Å². The smallest absolute Gasteiger partial charge is 0.325 e. The van der Waals surface area contributed by atoms with Crippen molar-refractivity contribution in [3.8, 4) is 0 Å². The molecule has 1 atom stereocenters. The van der Waals surface area contributed by atoms with E-state index in [-0.39, 0.29) is 12.5 Å². The number of aromatic nitrogens is 1. The van der Waals surface area contributed by atoms with Gasteiger partial charge in [-0.1, -0.05) is 24.3 Å². The zero-order valence-corrected chi connectivity index (χ0v) is 13.9. The molecule has 0 aliphatic carbocycles. The van der Waals surface area contributed by atoms with Gasteiger partial charge in [0.15, 0.2) is 5.54 Å². The van der Waals surface area contributed by atoms with Gasteiger partial charge in [0.1, 0.15) is 11.5 Å². The summed E-state index contributed by atoms with van der Waals surface area (Å²) >= 11 is 0. The first-order valence-electron chi connectivity index (χ1n) is 8.03. The maximum Gasteiger partial charge on any atom is 0.325 e. The van der Waals surface area contributed by atoms with Gasteiger partial charge in [-0.2, -0.15) is 0 Å². The Balaban J connectivity index is 1.69. The molecule has 0 spiro atoms. The van der Waals surface area contributed by atoms with Gasteiger partial charge in [-0.3, -0.25) is 14.7 Å². The van der Waals surface area contributed by atoms with Crippen LogP contribution in [0.4, 0.5) is 4.79 Å². The first kappa shape index (κ1) is 15.4. The van der Waals surface area contributed by atoms with Crippen molar-refractivity contribution in [2.45, 2.75) is 25.9 Å². The lowest BCUT2D eigenvalue weighted by atomic mass is 9.99. The maximum atomic E-state index is 13.0. The predicted octanol–water partition coefficient (Wildman–Crippen LogP) is 3.10. The highest BCUT2D eigenvalue weighted by atomic mass is 16.3. The third-order valence-electron chi connectivity index (χ3n) is 4.55. The van der Waals surface area contributed by atoms with Crippen LogP contribution in [0.25, 0.3) is 10.9 Å². The molecule has 126 valence electrons.